The van der Waals surface area contributed by atoms with E-state index in [1.54, 1.807) is 0 Å². The Morgan fingerprint density at radius 1 is 1.22 bits per heavy atom. The van der Waals surface area contributed by atoms with E-state index in [1.807, 2.05) is 32.0 Å². The van der Waals surface area contributed by atoms with Gasteiger partial charge in [-0.05, 0) is 80.6 Å². The fourth-order valence-corrected chi connectivity index (χ4v) is 5.41. The molecule has 0 saturated carbocycles. The van der Waals surface area contributed by atoms with Crippen molar-refractivity contribution in [3.8, 4) is 6.07 Å². The van der Waals surface area contributed by atoms with E-state index in [-0.39, 0.29) is 36.1 Å². The first kappa shape index (κ1) is 26.1. The Morgan fingerprint density at radius 2 is 1.92 bits per heavy atom. The molecule has 8 heteroatoms. The predicted molar refractivity (Wildman–Crippen MR) is 137 cm³/mol. The van der Waals surface area contributed by atoms with Gasteiger partial charge >= 0.3 is 0 Å². The molecule has 1 aliphatic carbocycles. The number of rotatable bonds is 6. The zero-order valence-electron chi connectivity index (χ0n) is 21.5. The largest absolute Gasteiger partial charge is 0.393 e. The van der Waals surface area contributed by atoms with Crippen LogP contribution in [0.5, 0.6) is 0 Å². The molecular weight excluding hydrogens is 456 g/mol. The van der Waals surface area contributed by atoms with E-state index in [9.17, 15) is 15.0 Å². The van der Waals surface area contributed by atoms with Gasteiger partial charge in [0.15, 0.2) is 5.82 Å². The van der Waals surface area contributed by atoms with Gasteiger partial charge in [0.2, 0.25) is 0 Å². The normalized spacial score (nSPS) is 27.7. The number of H-pyrrole nitrogens is 1. The molecule has 1 unspecified atom stereocenters. The number of anilines is 1. The van der Waals surface area contributed by atoms with Crippen molar-refractivity contribution >= 4 is 17.2 Å². The van der Waals surface area contributed by atoms with Crippen LogP contribution in [0.4, 0.5) is 5.69 Å². The topological polar surface area (TPSA) is 131 Å². The van der Waals surface area contributed by atoms with Gasteiger partial charge in [0.25, 0.3) is 5.91 Å². The van der Waals surface area contributed by atoms with Crippen molar-refractivity contribution in [3.63, 3.8) is 0 Å². The highest BCUT2D eigenvalue weighted by Crippen LogP contribution is 2.46. The number of aliphatic hydroxyl groups excluding tert-OH is 2. The number of aliphatic hydroxyl groups is 2. The van der Waals surface area contributed by atoms with Gasteiger partial charge in [0.05, 0.1) is 30.6 Å². The number of carbonyl (C=O) groups is 1. The average Bonchev–Trinajstić information content (AvgIpc) is 3.34. The minimum absolute atomic E-state index is 0.0699. The fourth-order valence-electron chi connectivity index (χ4n) is 5.41. The van der Waals surface area contributed by atoms with E-state index in [0.717, 1.165) is 30.4 Å². The van der Waals surface area contributed by atoms with E-state index in [1.165, 1.54) is 11.8 Å². The number of imidazole rings is 1. The van der Waals surface area contributed by atoms with E-state index >= 15 is 0 Å². The first-order valence-electron chi connectivity index (χ1n) is 12.5. The molecule has 1 aromatic carbocycles. The third-order valence-corrected chi connectivity index (χ3v) is 7.51. The van der Waals surface area contributed by atoms with Gasteiger partial charge in [-0.15, -0.1) is 0 Å². The third-order valence-electron chi connectivity index (χ3n) is 7.51. The summed E-state index contributed by atoms with van der Waals surface area (Å²) in [5.74, 6) is -0.253. The maximum atomic E-state index is 12.9. The van der Waals surface area contributed by atoms with Crippen LogP contribution in [0.1, 0.15) is 93.2 Å². The zero-order chi connectivity index (χ0) is 26.1. The maximum absolute atomic E-state index is 12.9. The van der Waals surface area contributed by atoms with E-state index in [0.29, 0.717) is 18.5 Å². The van der Waals surface area contributed by atoms with Gasteiger partial charge in [-0.3, -0.25) is 4.79 Å². The second kappa shape index (κ2) is 9.81. The highest BCUT2D eigenvalue weighted by molar-refractivity contribution is 6.03. The Hall–Kier alpha value is -2.99. The highest BCUT2D eigenvalue weighted by Gasteiger charge is 2.44. The lowest BCUT2D eigenvalue weighted by atomic mass is 9.74. The number of hydrogen-bond donors (Lipinski definition) is 4. The molecular formula is C28H36N4O4. The van der Waals surface area contributed by atoms with Crippen molar-refractivity contribution in [3.05, 3.63) is 53.1 Å². The SMILES string of the molecule is CC1(C)CC=C(c2cc(C3C[C@](C)(CO)O[C@](C)(CO)C3)ccc2NC(=O)c2ncc(C#N)[nH]2)CC1. The molecule has 1 fully saturated rings. The smallest absolute Gasteiger partial charge is 0.291 e. The summed E-state index contributed by atoms with van der Waals surface area (Å²) in [6.45, 7) is 8.02. The number of benzene rings is 1. The van der Waals surface area contributed by atoms with Crippen LogP contribution in [0, 0.1) is 16.7 Å². The molecule has 2 aromatic rings. The van der Waals surface area contributed by atoms with E-state index < -0.39 is 17.1 Å². The summed E-state index contributed by atoms with van der Waals surface area (Å²) in [6, 6.07) is 8.00. The van der Waals surface area contributed by atoms with Crippen molar-refractivity contribution in [1.29, 1.82) is 5.26 Å². The number of hydrogen-bond acceptors (Lipinski definition) is 6. The minimum Gasteiger partial charge on any atom is -0.393 e. The first-order valence-corrected chi connectivity index (χ1v) is 12.5. The molecule has 2 heterocycles. The van der Waals surface area contributed by atoms with Gasteiger partial charge in [-0.2, -0.15) is 5.26 Å². The van der Waals surface area contributed by atoms with Gasteiger partial charge in [0, 0.05) is 11.3 Å². The Balaban J connectivity index is 1.71. The summed E-state index contributed by atoms with van der Waals surface area (Å²) in [7, 11) is 0. The van der Waals surface area contributed by atoms with Crippen molar-refractivity contribution in [2.75, 3.05) is 18.5 Å². The molecule has 1 aliphatic heterocycles. The summed E-state index contributed by atoms with van der Waals surface area (Å²) in [5.41, 5.74) is 2.88. The number of ether oxygens (including phenoxy) is 1. The summed E-state index contributed by atoms with van der Waals surface area (Å²) in [6.07, 6.45) is 7.74. The quantitative estimate of drug-likeness (QED) is 0.469. The number of aromatic amines is 1. The molecule has 4 N–H and O–H groups in total. The Morgan fingerprint density at radius 3 is 2.47 bits per heavy atom. The lowest BCUT2D eigenvalue weighted by Crippen LogP contribution is -2.51. The van der Waals surface area contributed by atoms with Crippen molar-refractivity contribution in [2.24, 2.45) is 5.41 Å². The number of carbonyl (C=O) groups excluding carboxylic acids is 1. The van der Waals surface area contributed by atoms with E-state index in [4.69, 9.17) is 10.00 Å². The molecule has 2 aliphatic rings. The monoisotopic (exact) mass is 492 g/mol. The van der Waals surface area contributed by atoms with Crippen LogP contribution in [-0.4, -0.2) is 50.5 Å². The fraction of sp³-hybridized carbons (Fsp3) is 0.536. The molecule has 0 radical (unpaired) electrons. The summed E-state index contributed by atoms with van der Waals surface area (Å²) in [5, 5.41) is 32.1. The van der Waals surface area contributed by atoms with Crippen LogP contribution in [-0.2, 0) is 4.74 Å². The molecule has 0 spiro atoms. The Kier molecular flexibility index (Phi) is 7.11. The van der Waals surface area contributed by atoms with Gasteiger partial charge in [-0.25, -0.2) is 4.98 Å². The van der Waals surface area contributed by atoms with Crippen LogP contribution in [0.2, 0.25) is 0 Å². The van der Waals surface area contributed by atoms with Crippen LogP contribution in [0.25, 0.3) is 5.57 Å². The van der Waals surface area contributed by atoms with Crippen molar-refractivity contribution < 1.29 is 19.7 Å². The zero-order valence-corrected chi connectivity index (χ0v) is 21.5. The molecule has 36 heavy (non-hydrogen) atoms. The molecule has 3 atom stereocenters. The third kappa shape index (κ3) is 5.54. The Labute approximate surface area is 212 Å². The van der Waals surface area contributed by atoms with Gasteiger partial charge in [-0.1, -0.05) is 26.0 Å². The Bertz CT molecular complexity index is 1190. The first-order chi connectivity index (χ1) is 17.0. The summed E-state index contributed by atoms with van der Waals surface area (Å²) < 4.78 is 6.12. The molecule has 1 amide bonds. The molecule has 1 saturated heterocycles. The van der Waals surface area contributed by atoms with Crippen LogP contribution in [0.3, 0.4) is 0 Å². The molecule has 192 valence electrons. The number of aromatic nitrogens is 2. The minimum atomic E-state index is -0.751. The van der Waals surface area contributed by atoms with Crippen LogP contribution >= 0.6 is 0 Å². The number of amides is 1. The van der Waals surface area contributed by atoms with Crippen molar-refractivity contribution in [1.82, 2.24) is 9.97 Å². The van der Waals surface area contributed by atoms with Gasteiger partial charge < -0.3 is 25.3 Å². The lowest BCUT2D eigenvalue weighted by Gasteiger charge is -2.47. The molecule has 4 rings (SSSR count). The summed E-state index contributed by atoms with van der Waals surface area (Å²) in [4.78, 5) is 19.7. The molecule has 8 nitrogen and oxygen atoms in total. The predicted octanol–water partition coefficient (Wildman–Crippen LogP) is 4.52. The number of nitrogens with zero attached hydrogens (tertiary/aromatic N) is 2. The van der Waals surface area contributed by atoms with E-state index in [2.05, 4.69) is 41.3 Å². The number of allylic oxidation sites excluding steroid dienone is 2. The van der Waals surface area contributed by atoms with Crippen molar-refractivity contribution in [2.45, 2.75) is 76.9 Å². The maximum Gasteiger partial charge on any atom is 0.291 e. The summed E-state index contributed by atoms with van der Waals surface area (Å²) >= 11 is 0. The van der Waals surface area contributed by atoms with Crippen LogP contribution in [0.15, 0.2) is 30.5 Å². The standard InChI is InChI=1S/C28H36N4O4/c1-26(2)9-7-18(8-10-26)22-11-19(20-12-27(3,16-33)36-28(4,13-20)17-34)5-6-23(22)32-25(35)24-30-15-21(14-29)31-24/h5-7,11,15,20,33-34H,8-10,12-13,16-17H2,1-4H3,(H,30,31)(H,32,35)/t20?,27-,28+. The molecule has 1 aromatic heterocycles. The second-order valence-electron chi connectivity index (χ2n) is 11.5. The average molecular weight is 493 g/mol. The highest BCUT2D eigenvalue weighted by atomic mass is 16.5. The molecule has 0 bridgehead atoms. The second-order valence-corrected chi connectivity index (χ2v) is 11.5. The number of nitrogens with one attached hydrogen (secondary N) is 2. The van der Waals surface area contributed by atoms with Crippen LogP contribution < -0.4 is 5.32 Å². The van der Waals surface area contributed by atoms with Gasteiger partial charge in [0.1, 0.15) is 11.8 Å². The lowest BCUT2D eigenvalue weighted by molar-refractivity contribution is -0.208. The number of nitriles is 1.